The van der Waals surface area contributed by atoms with Crippen LogP contribution in [0.1, 0.15) is 24.3 Å². The highest BCUT2D eigenvalue weighted by molar-refractivity contribution is 7.89. The van der Waals surface area contributed by atoms with Gasteiger partial charge in [0.05, 0.1) is 0 Å². The van der Waals surface area contributed by atoms with Crippen LogP contribution in [0, 0.1) is 5.92 Å². The Labute approximate surface area is 129 Å². The number of rotatable bonds is 4. The molecule has 1 fully saturated rings. The minimum atomic E-state index is -3.88. The van der Waals surface area contributed by atoms with Crippen LogP contribution in [-0.2, 0) is 21.9 Å². The molecule has 2 amide bonds. The maximum atomic E-state index is 12.8. The topological polar surface area (TPSA) is 114 Å². The van der Waals surface area contributed by atoms with Gasteiger partial charge in [0.2, 0.25) is 15.9 Å². The lowest BCUT2D eigenvalue weighted by atomic mass is 10.0. The Morgan fingerprint density at radius 3 is 2.59 bits per heavy atom. The van der Waals surface area contributed by atoms with Crippen LogP contribution in [0.2, 0.25) is 0 Å². The van der Waals surface area contributed by atoms with Gasteiger partial charge in [-0.25, -0.2) is 8.42 Å². The SMILES string of the molecule is CC(C)[C@@H]1C(=O)NCCN1S(=O)(=O)c1cc(C(N)=O)n(C)c1. The Morgan fingerprint density at radius 2 is 2.09 bits per heavy atom. The molecule has 9 heteroatoms. The van der Waals surface area contributed by atoms with E-state index in [0.29, 0.717) is 0 Å². The molecule has 1 aromatic heterocycles. The number of nitrogens with zero attached hydrogens (tertiary/aromatic N) is 2. The van der Waals surface area contributed by atoms with Crippen molar-refractivity contribution < 1.29 is 18.0 Å². The number of amides is 2. The minimum Gasteiger partial charge on any atom is -0.364 e. The highest BCUT2D eigenvalue weighted by Crippen LogP contribution is 2.24. The molecule has 0 bridgehead atoms. The van der Waals surface area contributed by atoms with Gasteiger partial charge in [0.15, 0.2) is 0 Å². The largest absolute Gasteiger partial charge is 0.364 e. The summed E-state index contributed by atoms with van der Waals surface area (Å²) in [5.41, 5.74) is 5.31. The number of carbonyl (C=O) groups excluding carboxylic acids is 2. The molecule has 0 radical (unpaired) electrons. The van der Waals surface area contributed by atoms with E-state index in [0.717, 1.165) is 0 Å². The lowest BCUT2D eigenvalue weighted by Gasteiger charge is -2.35. The van der Waals surface area contributed by atoms with Crippen LogP contribution >= 0.6 is 0 Å². The summed E-state index contributed by atoms with van der Waals surface area (Å²) in [5.74, 6) is -1.19. The van der Waals surface area contributed by atoms with Gasteiger partial charge in [-0.15, -0.1) is 0 Å². The molecule has 1 aliphatic rings. The second kappa shape index (κ2) is 5.73. The minimum absolute atomic E-state index is 0.0378. The van der Waals surface area contributed by atoms with Crippen molar-refractivity contribution in [2.75, 3.05) is 13.1 Å². The molecule has 1 aromatic rings. The Hall–Kier alpha value is -1.87. The maximum absolute atomic E-state index is 12.8. The Bertz CT molecular complexity index is 708. The normalized spacial score (nSPS) is 20.2. The average Bonchev–Trinajstić information content (AvgIpc) is 2.81. The zero-order valence-corrected chi connectivity index (χ0v) is 13.6. The molecule has 8 nitrogen and oxygen atoms in total. The zero-order valence-electron chi connectivity index (χ0n) is 12.7. The van der Waals surface area contributed by atoms with E-state index in [-0.39, 0.29) is 35.5 Å². The Kier molecular flexibility index (Phi) is 4.30. The lowest BCUT2D eigenvalue weighted by Crippen LogP contribution is -2.58. The standard InChI is InChI=1S/C13H20N4O4S/c1-8(2)11-13(19)15-4-5-17(11)22(20,21)9-6-10(12(14)18)16(3)7-9/h6-8,11H,4-5H2,1-3H3,(H2,14,18)(H,15,19)/t11-/m1/s1. The molecule has 2 heterocycles. The van der Waals surface area contributed by atoms with Crippen LogP contribution in [0.15, 0.2) is 17.2 Å². The lowest BCUT2D eigenvalue weighted by molar-refractivity contribution is -0.128. The molecular formula is C13H20N4O4S. The van der Waals surface area contributed by atoms with E-state index in [2.05, 4.69) is 5.32 Å². The van der Waals surface area contributed by atoms with E-state index in [9.17, 15) is 18.0 Å². The summed E-state index contributed by atoms with van der Waals surface area (Å²) in [6.07, 6.45) is 1.33. The summed E-state index contributed by atoms with van der Waals surface area (Å²) in [4.78, 5) is 23.3. The van der Waals surface area contributed by atoms with Gasteiger partial charge in [-0.1, -0.05) is 13.8 Å². The van der Waals surface area contributed by atoms with Gasteiger partial charge in [0.1, 0.15) is 16.6 Å². The Balaban J connectivity index is 2.46. The first-order valence-corrected chi connectivity index (χ1v) is 8.36. The summed E-state index contributed by atoms with van der Waals surface area (Å²) in [6.45, 7) is 4.03. The number of piperazine rings is 1. The second-order valence-corrected chi connectivity index (χ2v) is 7.52. The van der Waals surface area contributed by atoms with E-state index in [4.69, 9.17) is 5.73 Å². The number of hydrogen-bond donors (Lipinski definition) is 2. The third-order valence-corrected chi connectivity index (χ3v) is 5.53. The molecule has 22 heavy (non-hydrogen) atoms. The first-order chi connectivity index (χ1) is 10.2. The van der Waals surface area contributed by atoms with Crippen molar-refractivity contribution in [3.05, 3.63) is 18.0 Å². The predicted molar refractivity (Wildman–Crippen MR) is 79.5 cm³/mol. The summed E-state index contributed by atoms with van der Waals surface area (Å²) < 4.78 is 28.2. The van der Waals surface area contributed by atoms with Crippen molar-refractivity contribution >= 4 is 21.8 Å². The van der Waals surface area contributed by atoms with E-state index < -0.39 is 22.0 Å². The van der Waals surface area contributed by atoms with Gasteiger partial charge in [-0.3, -0.25) is 9.59 Å². The van der Waals surface area contributed by atoms with E-state index in [1.165, 1.54) is 21.1 Å². The third-order valence-electron chi connectivity index (χ3n) is 3.68. The smallest absolute Gasteiger partial charge is 0.265 e. The van der Waals surface area contributed by atoms with Crippen LogP contribution in [0.5, 0.6) is 0 Å². The van der Waals surface area contributed by atoms with Crippen LogP contribution < -0.4 is 11.1 Å². The highest BCUT2D eigenvalue weighted by atomic mass is 32.2. The van der Waals surface area contributed by atoms with E-state index in [1.807, 2.05) is 0 Å². The fraction of sp³-hybridized carbons (Fsp3) is 0.538. The van der Waals surface area contributed by atoms with Crippen molar-refractivity contribution in [1.82, 2.24) is 14.2 Å². The number of sulfonamides is 1. The molecular weight excluding hydrogens is 308 g/mol. The fourth-order valence-electron chi connectivity index (χ4n) is 2.62. The molecule has 0 aliphatic carbocycles. The molecule has 0 spiro atoms. The monoisotopic (exact) mass is 328 g/mol. The van der Waals surface area contributed by atoms with Crippen molar-refractivity contribution in [3.63, 3.8) is 0 Å². The number of nitrogens with two attached hydrogens (primary N) is 1. The molecule has 1 atom stereocenters. The average molecular weight is 328 g/mol. The van der Waals surface area contributed by atoms with Crippen LogP contribution in [-0.4, -0.2) is 48.2 Å². The first-order valence-electron chi connectivity index (χ1n) is 6.92. The maximum Gasteiger partial charge on any atom is 0.265 e. The molecule has 2 rings (SSSR count). The fourth-order valence-corrected chi connectivity index (χ4v) is 4.42. The quantitative estimate of drug-likeness (QED) is 0.758. The Morgan fingerprint density at radius 1 is 1.45 bits per heavy atom. The second-order valence-electron chi connectivity index (χ2n) is 5.63. The molecule has 0 aromatic carbocycles. The number of carbonyl (C=O) groups is 2. The molecule has 1 saturated heterocycles. The van der Waals surface area contributed by atoms with Crippen molar-refractivity contribution in [3.8, 4) is 0 Å². The van der Waals surface area contributed by atoms with Crippen molar-refractivity contribution in [2.45, 2.75) is 24.8 Å². The van der Waals surface area contributed by atoms with Crippen LogP contribution in [0.3, 0.4) is 0 Å². The van der Waals surface area contributed by atoms with Gasteiger partial charge in [0, 0.05) is 26.3 Å². The van der Waals surface area contributed by atoms with Crippen molar-refractivity contribution in [2.24, 2.45) is 18.7 Å². The van der Waals surface area contributed by atoms with Crippen LogP contribution in [0.4, 0.5) is 0 Å². The molecule has 1 aliphatic heterocycles. The summed E-state index contributed by atoms with van der Waals surface area (Å²) in [5, 5.41) is 2.68. The van der Waals surface area contributed by atoms with Gasteiger partial charge >= 0.3 is 0 Å². The predicted octanol–water partition coefficient (Wildman–Crippen LogP) is -0.731. The first kappa shape index (κ1) is 16.5. The van der Waals surface area contributed by atoms with Gasteiger partial charge < -0.3 is 15.6 Å². The van der Waals surface area contributed by atoms with Gasteiger partial charge in [-0.05, 0) is 12.0 Å². The van der Waals surface area contributed by atoms with E-state index >= 15 is 0 Å². The molecule has 3 N–H and O–H groups in total. The third kappa shape index (κ3) is 2.73. The summed E-state index contributed by atoms with van der Waals surface area (Å²) in [7, 11) is -2.34. The number of primary amides is 1. The number of nitrogens with one attached hydrogen (secondary N) is 1. The van der Waals surface area contributed by atoms with Crippen molar-refractivity contribution in [1.29, 1.82) is 0 Å². The summed E-state index contributed by atoms with van der Waals surface area (Å²) >= 11 is 0. The van der Waals surface area contributed by atoms with Crippen LogP contribution in [0.25, 0.3) is 0 Å². The van der Waals surface area contributed by atoms with Gasteiger partial charge in [-0.2, -0.15) is 4.31 Å². The summed E-state index contributed by atoms with van der Waals surface area (Å²) in [6, 6.07) is 0.470. The molecule has 122 valence electrons. The van der Waals surface area contributed by atoms with Gasteiger partial charge in [0.25, 0.3) is 5.91 Å². The number of aromatic nitrogens is 1. The molecule has 0 saturated carbocycles. The number of aryl methyl sites for hydroxylation is 1. The number of hydrogen-bond acceptors (Lipinski definition) is 4. The highest BCUT2D eigenvalue weighted by Gasteiger charge is 2.40. The van der Waals surface area contributed by atoms with E-state index in [1.54, 1.807) is 20.9 Å². The zero-order chi connectivity index (χ0) is 16.7. The molecule has 0 unspecified atom stereocenters.